The molecular formula is C18H24N4O4. The number of carbonyl (C=O) groups excluding carboxylic acids is 1. The molecule has 1 aliphatic heterocycles. The van der Waals surface area contributed by atoms with Crippen LogP contribution in [0.2, 0.25) is 0 Å². The molecule has 1 aromatic heterocycles. The predicted octanol–water partition coefficient (Wildman–Crippen LogP) is 1.16. The summed E-state index contributed by atoms with van der Waals surface area (Å²) in [6, 6.07) is 7.24. The highest BCUT2D eigenvalue weighted by Gasteiger charge is 2.14. The zero-order chi connectivity index (χ0) is 18.4. The van der Waals surface area contributed by atoms with Gasteiger partial charge in [-0.1, -0.05) is 0 Å². The van der Waals surface area contributed by atoms with E-state index in [2.05, 4.69) is 20.4 Å². The standard InChI is InChI=1S/C18H24N4O4/c1-24-16-4-3-13(11-17(16)25-2)14-12-15(21-20-14)18(23)19-5-6-22-7-9-26-10-8-22/h3-4,11-12H,5-10H2,1-2H3,(H,19,23)(H,20,21). The number of ether oxygens (including phenoxy) is 3. The van der Waals surface area contributed by atoms with E-state index in [9.17, 15) is 4.79 Å². The molecule has 2 aromatic rings. The van der Waals surface area contributed by atoms with Gasteiger partial charge in [-0.15, -0.1) is 0 Å². The average molecular weight is 360 g/mol. The van der Waals surface area contributed by atoms with E-state index in [0.717, 1.165) is 38.4 Å². The maximum absolute atomic E-state index is 12.3. The first-order valence-electron chi connectivity index (χ1n) is 8.57. The summed E-state index contributed by atoms with van der Waals surface area (Å²) < 4.78 is 15.9. The molecule has 0 spiro atoms. The zero-order valence-corrected chi connectivity index (χ0v) is 15.1. The van der Waals surface area contributed by atoms with Gasteiger partial charge in [0, 0.05) is 31.7 Å². The van der Waals surface area contributed by atoms with Gasteiger partial charge in [-0.05, 0) is 24.3 Å². The van der Waals surface area contributed by atoms with Crippen molar-refractivity contribution in [2.24, 2.45) is 0 Å². The molecule has 8 heteroatoms. The van der Waals surface area contributed by atoms with Crippen LogP contribution < -0.4 is 14.8 Å². The second kappa shape index (κ2) is 8.68. The Morgan fingerprint density at radius 3 is 2.73 bits per heavy atom. The molecule has 0 radical (unpaired) electrons. The molecule has 0 aliphatic carbocycles. The van der Waals surface area contributed by atoms with Gasteiger partial charge in [0.05, 0.1) is 33.1 Å². The molecule has 0 atom stereocenters. The Morgan fingerprint density at radius 1 is 1.23 bits per heavy atom. The van der Waals surface area contributed by atoms with E-state index in [0.29, 0.717) is 29.4 Å². The van der Waals surface area contributed by atoms with Crippen molar-refractivity contribution in [2.75, 3.05) is 53.6 Å². The van der Waals surface area contributed by atoms with Crippen molar-refractivity contribution in [1.82, 2.24) is 20.4 Å². The number of benzene rings is 1. The maximum Gasteiger partial charge on any atom is 0.269 e. The van der Waals surface area contributed by atoms with Crippen molar-refractivity contribution in [2.45, 2.75) is 0 Å². The molecule has 140 valence electrons. The van der Waals surface area contributed by atoms with Crippen molar-refractivity contribution < 1.29 is 19.0 Å². The number of aromatic nitrogens is 2. The predicted molar refractivity (Wildman–Crippen MR) is 96.7 cm³/mol. The van der Waals surface area contributed by atoms with Gasteiger partial charge < -0.3 is 19.5 Å². The van der Waals surface area contributed by atoms with Crippen LogP contribution in [0.4, 0.5) is 0 Å². The molecule has 1 aromatic carbocycles. The van der Waals surface area contributed by atoms with Gasteiger partial charge in [0.2, 0.25) is 0 Å². The van der Waals surface area contributed by atoms with E-state index in [-0.39, 0.29) is 5.91 Å². The smallest absolute Gasteiger partial charge is 0.269 e. The van der Waals surface area contributed by atoms with Crippen LogP contribution >= 0.6 is 0 Å². The number of carbonyl (C=O) groups is 1. The van der Waals surface area contributed by atoms with Crippen molar-refractivity contribution in [3.63, 3.8) is 0 Å². The minimum Gasteiger partial charge on any atom is -0.493 e. The van der Waals surface area contributed by atoms with Crippen molar-refractivity contribution in [3.05, 3.63) is 30.0 Å². The van der Waals surface area contributed by atoms with Gasteiger partial charge in [-0.3, -0.25) is 14.8 Å². The molecule has 0 bridgehead atoms. The molecule has 1 aliphatic rings. The van der Waals surface area contributed by atoms with Gasteiger partial charge in [-0.25, -0.2) is 0 Å². The lowest BCUT2D eigenvalue weighted by atomic mass is 10.1. The van der Waals surface area contributed by atoms with Crippen LogP contribution in [0.3, 0.4) is 0 Å². The molecule has 1 amide bonds. The number of morpholine rings is 1. The molecule has 2 N–H and O–H groups in total. The van der Waals surface area contributed by atoms with Crippen LogP contribution in [0, 0.1) is 0 Å². The van der Waals surface area contributed by atoms with Gasteiger partial charge in [0.25, 0.3) is 5.91 Å². The fourth-order valence-corrected chi connectivity index (χ4v) is 2.83. The molecule has 1 saturated heterocycles. The van der Waals surface area contributed by atoms with E-state index >= 15 is 0 Å². The van der Waals surface area contributed by atoms with Crippen LogP contribution in [-0.4, -0.2) is 74.6 Å². The highest BCUT2D eigenvalue weighted by Crippen LogP contribution is 2.31. The topological polar surface area (TPSA) is 88.7 Å². The quantitative estimate of drug-likeness (QED) is 0.770. The number of rotatable bonds is 7. The molecule has 1 fully saturated rings. The third kappa shape index (κ3) is 4.33. The lowest BCUT2D eigenvalue weighted by Gasteiger charge is -2.26. The van der Waals surface area contributed by atoms with Crippen LogP contribution in [0.1, 0.15) is 10.5 Å². The van der Waals surface area contributed by atoms with E-state index in [1.54, 1.807) is 20.3 Å². The minimum atomic E-state index is -0.169. The number of nitrogens with zero attached hydrogens (tertiary/aromatic N) is 2. The number of H-pyrrole nitrogens is 1. The Hall–Kier alpha value is -2.58. The third-order valence-corrected chi connectivity index (χ3v) is 4.32. The summed E-state index contributed by atoms with van der Waals surface area (Å²) in [7, 11) is 3.17. The zero-order valence-electron chi connectivity index (χ0n) is 15.1. The summed E-state index contributed by atoms with van der Waals surface area (Å²) >= 11 is 0. The first kappa shape index (κ1) is 18.2. The molecule has 8 nitrogen and oxygen atoms in total. The third-order valence-electron chi connectivity index (χ3n) is 4.32. The number of methoxy groups -OCH3 is 2. The van der Waals surface area contributed by atoms with Crippen molar-refractivity contribution in [3.8, 4) is 22.8 Å². The highest BCUT2D eigenvalue weighted by molar-refractivity contribution is 5.93. The lowest BCUT2D eigenvalue weighted by Crippen LogP contribution is -2.41. The van der Waals surface area contributed by atoms with E-state index in [1.165, 1.54) is 0 Å². The number of hydrogen-bond donors (Lipinski definition) is 2. The van der Waals surface area contributed by atoms with Crippen LogP contribution in [-0.2, 0) is 4.74 Å². The number of aromatic amines is 1. The van der Waals surface area contributed by atoms with Crippen molar-refractivity contribution >= 4 is 5.91 Å². The fraction of sp³-hybridized carbons (Fsp3) is 0.444. The monoisotopic (exact) mass is 360 g/mol. The average Bonchev–Trinajstić information content (AvgIpc) is 3.18. The Labute approximate surface area is 152 Å². The SMILES string of the molecule is COc1ccc(-c2cc(C(=O)NCCN3CCOCC3)[nH]n2)cc1OC. The van der Waals surface area contributed by atoms with Gasteiger partial charge >= 0.3 is 0 Å². The molecule has 2 heterocycles. The normalized spacial score (nSPS) is 14.8. The molecule has 3 rings (SSSR count). The van der Waals surface area contributed by atoms with Gasteiger partial charge in [-0.2, -0.15) is 5.10 Å². The maximum atomic E-state index is 12.3. The van der Waals surface area contributed by atoms with E-state index in [4.69, 9.17) is 14.2 Å². The summed E-state index contributed by atoms with van der Waals surface area (Å²) in [4.78, 5) is 14.6. The minimum absolute atomic E-state index is 0.169. The molecule has 26 heavy (non-hydrogen) atoms. The summed E-state index contributed by atoms with van der Waals surface area (Å²) in [5.41, 5.74) is 1.94. The second-order valence-electron chi connectivity index (χ2n) is 5.95. The first-order valence-corrected chi connectivity index (χ1v) is 8.57. The molecular weight excluding hydrogens is 336 g/mol. The highest BCUT2D eigenvalue weighted by atomic mass is 16.5. The summed E-state index contributed by atoms with van der Waals surface area (Å²) in [5.74, 6) is 1.09. The lowest BCUT2D eigenvalue weighted by molar-refractivity contribution is 0.0383. The van der Waals surface area contributed by atoms with Crippen molar-refractivity contribution in [1.29, 1.82) is 0 Å². The van der Waals surface area contributed by atoms with Gasteiger partial charge in [0.1, 0.15) is 5.69 Å². The first-order chi connectivity index (χ1) is 12.7. The fourth-order valence-electron chi connectivity index (χ4n) is 2.83. The van der Waals surface area contributed by atoms with E-state index in [1.807, 2.05) is 18.2 Å². The number of amides is 1. The molecule has 0 saturated carbocycles. The Morgan fingerprint density at radius 2 is 2.00 bits per heavy atom. The van der Waals surface area contributed by atoms with Crippen LogP contribution in [0.5, 0.6) is 11.5 Å². The Kier molecular flexibility index (Phi) is 6.08. The Balaban J connectivity index is 1.59. The number of nitrogens with one attached hydrogen (secondary N) is 2. The second-order valence-corrected chi connectivity index (χ2v) is 5.95. The van der Waals surface area contributed by atoms with Gasteiger partial charge in [0.15, 0.2) is 11.5 Å². The molecule has 0 unspecified atom stereocenters. The summed E-state index contributed by atoms with van der Waals surface area (Å²) in [5, 5.41) is 9.93. The van der Waals surface area contributed by atoms with Crippen LogP contribution in [0.15, 0.2) is 24.3 Å². The number of hydrogen-bond acceptors (Lipinski definition) is 6. The summed E-state index contributed by atoms with van der Waals surface area (Å²) in [6.07, 6.45) is 0. The summed E-state index contributed by atoms with van der Waals surface area (Å²) in [6.45, 7) is 4.72. The van der Waals surface area contributed by atoms with Crippen LogP contribution in [0.25, 0.3) is 11.3 Å². The van der Waals surface area contributed by atoms with E-state index < -0.39 is 0 Å². The Bertz CT molecular complexity index is 741. The largest absolute Gasteiger partial charge is 0.493 e.